The van der Waals surface area contributed by atoms with E-state index < -0.39 is 0 Å². The van der Waals surface area contributed by atoms with E-state index in [1.54, 1.807) is 12.4 Å². The quantitative estimate of drug-likeness (QED) is 0.931. The molecule has 1 saturated heterocycles. The minimum atomic E-state index is 0.836. The number of hydrogen-bond acceptors (Lipinski definition) is 6. The number of likely N-dealkylation sites (N-methyl/N-ethyl adjacent to an activating group) is 1. The smallest absolute Gasteiger partial charge is 0.172 e. The molecule has 0 amide bonds. The molecule has 3 rings (SSSR count). The van der Waals surface area contributed by atoms with Crippen molar-refractivity contribution in [3.63, 3.8) is 0 Å². The van der Waals surface area contributed by atoms with Crippen molar-refractivity contribution in [1.82, 2.24) is 19.9 Å². The second kappa shape index (κ2) is 6.70. The minimum Gasteiger partial charge on any atom is -0.370 e. The molecule has 6 heteroatoms. The van der Waals surface area contributed by atoms with Crippen LogP contribution in [0.2, 0.25) is 0 Å². The molecule has 6 nitrogen and oxygen atoms in total. The maximum absolute atomic E-state index is 4.86. The van der Waals surface area contributed by atoms with Gasteiger partial charge in [-0.1, -0.05) is 0 Å². The summed E-state index contributed by atoms with van der Waals surface area (Å²) >= 11 is 0. The Morgan fingerprint density at radius 3 is 2.68 bits per heavy atom. The molecule has 0 bridgehead atoms. The molecule has 0 unspecified atom stereocenters. The maximum atomic E-state index is 4.86. The van der Waals surface area contributed by atoms with Crippen molar-refractivity contribution in [2.24, 2.45) is 0 Å². The number of nitrogens with one attached hydrogen (secondary N) is 1. The highest BCUT2D eigenvalue weighted by atomic mass is 15.3. The van der Waals surface area contributed by atoms with E-state index in [0.29, 0.717) is 0 Å². The molecular weight excluding hydrogens is 276 g/mol. The fourth-order valence-electron chi connectivity index (χ4n) is 2.70. The molecular formula is C16H22N6. The SMILES string of the molecule is CNc1ncc(-c2ccncc2)nc1N1CCCN(C)CC1. The van der Waals surface area contributed by atoms with Gasteiger partial charge in [0.2, 0.25) is 0 Å². The number of rotatable bonds is 3. The fraction of sp³-hybridized carbons (Fsp3) is 0.438. The highest BCUT2D eigenvalue weighted by Gasteiger charge is 2.18. The third-order valence-corrected chi connectivity index (χ3v) is 3.99. The lowest BCUT2D eigenvalue weighted by Crippen LogP contribution is -2.30. The fourth-order valence-corrected chi connectivity index (χ4v) is 2.70. The molecule has 116 valence electrons. The van der Waals surface area contributed by atoms with Gasteiger partial charge < -0.3 is 15.1 Å². The summed E-state index contributed by atoms with van der Waals surface area (Å²) in [5.41, 5.74) is 1.92. The average Bonchev–Trinajstić information content (AvgIpc) is 2.79. The van der Waals surface area contributed by atoms with Crippen LogP contribution in [0.3, 0.4) is 0 Å². The molecule has 2 aromatic heterocycles. The van der Waals surface area contributed by atoms with Crippen LogP contribution in [0.1, 0.15) is 6.42 Å². The first kappa shape index (κ1) is 14.7. The van der Waals surface area contributed by atoms with E-state index >= 15 is 0 Å². The molecule has 22 heavy (non-hydrogen) atoms. The van der Waals surface area contributed by atoms with Crippen LogP contribution < -0.4 is 10.2 Å². The summed E-state index contributed by atoms with van der Waals surface area (Å²) in [6.45, 7) is 4.15. The zero-order valence-electron chi connectivity index (χ0n) is 13.2. The van der Waals surface area contributed by atoms with Crippen molar-refractivity contribution in [3.8, 4) is 11.3 Å². The largest absolute Gasteiger partial charge is 0.370 e. The first-order valence-electron chi connectivity index (χ1n) is 7.66. The summed E-state index contributed by atoms with van der Waals surface area (Å²) in [5.74, 6) is 1.77. The van der Waals surface area contributed by atoms with E-state index in [-0.39, 0.29) is 0 Å². The van der Waals surface area contributed by atoms with Crippen molar-refractivity contribution in [3.05, 3.63) is 30.7 Å². The second-order valence-electron chi connectivity index (χ2n) is 5.56. The summed E-state index contributed by atoms with van der Waals surface area (Å²) in [5, 5.41) is 3.16. The molecule has 0 radical (unpaired) electrons. The monoisotopic (exact) mass is 298 g/mol. The number of nitrogens with zero attached hydrogens (tertiary/aromatic N) is 5. The Balaban J connectivity index is 1.94. The van der Waals surface area contributed by atoms with Crippen LogP contribution in [-0.4, -0.2) is 60.1 Å². The highest BCUT2D eigenvalue weighted by molar-refractivity contribution is 5.67. The molecule has 3 heterocycles. The first-order valence-corrected chi connectivity index (χ1v) is 7.66. The van der Waals surface area contributed by atoms with Crippen LogP contribution >= 0.6 is 0 Å². The van der Waals surface area contributed by atoms with Crippen molar-refractivity contribution >= 4 is 11.6 Å². The van der Waals surface area contributed by atoms with E-state index in [1.807, 2.05) is 25.4 Å². The Hall–Kier alpha value is -2.21. The van der Waals surface area contributed by atoms with Crippen LogP contribution in [0.5, 0.6) is 0 Å². The topological polar surface area (TPSA) is 57.2 Å². The lowest BCUT2D eigenvalue weighted by molar-refractivity contribution is 0.360. The Morgan fingerprint density at radius 2 is 1.91 bits per heavy atom. The first-order chi connectivity index (χ1) is 10.8. The minimum absolute atomic E-state index is 0.836. The van der Waals surface area contributed by atoms with Gasteiger partial charge in [0.1, 0.15) is 0 Å². The lowest BCUT2D eigenvalue weighted by Gasteiger charge is -2.24. The van der Waals surface area contributed by atoms with Gasteiger partial charge in [-0.15, -0.1) is 0 Å². The number of anilines is 2. The highest BCUT2D eigenvalue weighted by Crippen LogP contribution is 2.26. The van der Waals surface area contributed by atoms with Crippen LogP contribution in [0, 0.1) is 0 Å². The molecule has 1 fully saturated rings. The number of pyridine rings is 1. The van der Waals surface area contributed by atoms with E-state index in [4.69, 9.17) is 4.98 Å². The van der Waals surface area contributed by atoms with Gasteiger partial charge in [0, 0.05) is 44.6 Å². The van der Waals surface area contributed by atoms with Gasteiger partial charge in [0.05, 0.1) is 11.9 Å². The summed E-state index contributed by atoms with van der Waals surface area (Å²) < 4.78 is 0. The summed E-state index contributed by atoms with van der Waals surface area (Å²) in [7, 11) is 4.06. The molecule has 0 saturated carbocycles. The maximum Gasteiger partial charge on any atom is 0.172 e. The predicted molar refractivity (Wildman–Crippen MR) is 89.1 cm³/mol. The standard InChI is InChI=1S/C16H22N6/c1-17-15-16(22-9-3-8-21(2)10-11-22)20-14(12-19-15)13-4-6-18-7-5-13/h4-7,12H,3,8-11H2,1-2H3,(H,17,19). The average molecular weight is 298 g/mol. The predicted octanol–water partition coefficient (Wildman–Crippen LogP) is 1.72. The van der Waals surface area contributed by atoms with E-state index in [0.717, 1.165) is 55.5 Å². The van der Waals surface area contributed by atoms with Crippen molar-refractivity contribution in [1.29, 1.82) is 0 Å². The Kier molecular flexibility index (Phi) is 4.48. The Bertz CT molecular complexity index is 615. The number of hydrogen-bond donors (Lipinski definition) is 1. The van der Waals surface area contributed by atoms with Crippen LogP contribution in [-0.2, 0) is 0 Å². The molecule has 0 atom stereocenters. The molecule has 1 aliphatic rings. The van der Waals surface area contributed by atoms with Gasteiger partial charge in [-0.2, -0.15) is 0 Å². The normalized spacial score (nSPS) is 16.4. The van der Waals surface area contributed by atoms with Gasteiger partial charge in [-0.3, -0.25) is 4.98 Å². The molecule has 1 aliphatic heterocycles. The molecule has 2 aromatic rings. The third kappa shape index (κ3) is 3.17. The second-order valence-corrected chi connectivity index (χ2v) is 5.56. The Morgan fingerprint density at radius 1 is 1.09 bits per heavy atom. The van der Waals surface area contributed by atoms with E-state index in [2.05, 4.69) is 32.1 Å². The van der Waals surface area contributed by atoms with Crippen molar-refractivity contribution < 1.29 is 0 Å². The Labute approximate surface area is 131 Å². The molecule has 0 aromatic carbocycles. The van der Waals surface area contributed by atoms with Crippen molar-refractivity contribution in [2.45, 2.75) is 6.42 Å². The van der Waals surface area contributed by atoms with Crippen LogP contribution in [0.4, 0.5) is 11.6 Å². The zero-order chi connectivity index (χ0) is 15.4. The molecule has 1 N–H and O–H groups in total. The van der Waals surface area contributed by atoms with Gasteiger partial charge in [-0.25, -0.2) is 9.97 Å². The third-order valence-electron chi connectivity index (χ3n) is 3.99. The van der Waals surface area contributed by atoms with Crippen LogP contribution in [0.15, 0.2) is 30.7 Å². The van der Waals surface area contributed by atoms with Gasteiger partial charge in [0.25, 0.3) is 0 Å². The summed E-state index contributed by atoms with van der Waals surface area (Å²) in [6, 6.07) is 3.92. The van der Waals surface area contributed by atoms with Crippen molar-refractivity contribution in [2.75, 3.05) is 50.5 Å². The van der Waals surface area contributed by atoms with Gasteiger partial charge in [0.15, 0.2) is 11.6 Å². The summed E-state index contributed by atoms with van der Waals surface area (Å²) in [4.78, 5) is 18.2. The lowest BCUT2D eigenvalue weighted by atomic mass is 10.2. The molecule has 0 aliphatic carbocycles. The van der Waals surface area contributed by atoms with Gasteiger partial charge in [-0.05, 0) is 32.1 Å². The van der Waals surface area contributed by atoms with E-state index in [1.165, 1.54) is 0 Å². The summed E-state index contributed by atoms with van der Waals surface area (Å²) in [6.07, 6.45) is 6.52. The molecule has 0 spiro atoms. The van der Waals surface area contributed by atoms with Gasteiger partial charge >= 0.3 is 0 Å². The number of aromatic nitrogens is 3. The zero-order valence-corrected chi connectivity index (χ0v) is 13.2. The van der Waals surface area contributed by atoms with E-state index in [9.17, 15) is 0 Å². The van der Waals surface area contributed by atoms with Crippen LogP contribution in [0.25, 0.3) is 11.3 Å².